The zero-order valence-corrected chi connectivity index (χ0v) is 11.0. The number of nitrogens with two attached hydrogens (primary N) is 1. The van der Waals surface area contributed by atoms with Gasteiger partial charge in [0.1, 0.15) is 0 Å². The Morgan fingerprint density at radius 1 is 1.33 bits per heavy atom. The molecule has 1 rings (SSSR count). The van der Waals surface area contributed by atoms with Gasteiger partial charge in [0.2, 0.25) is 0 Å². The molecule has 0 spiro atoms. The summed E-state index contributed by atoms with van der Waals surface area (Å²) in [6, 6.07) is 5.66. The number of rotatable bonds is 3. The van der Waals surface area contributed by atoms with Crippen molar-refractivity contribution in [3.05, 3.63) is 33.8 Å². The molecule has 2 atom stereocenters. The summed E-state index contributed by atoms with van der Waals surface area (Å²) < 4.78 is 0.922. The van der Waals surface area contributed by atoms with Gasteiger partial charge in [0, 0.05) is 10.5 Å². The van der Waals surface area contributed by atoms with Gasteiger partial charge in [0.25, 0.3) is 0 Å². The molecule has 0 bridgehead atoms. The molecule has 2 unspecified atom stereocenters. The van der Waals surface area contributed by atoms with Gasteiger partial charge in [-0.1, -0.05) is 41.9 Å². The van der Waals surface area contributed by atoms with Crippen LogP contribution in [-0.4, -0.2) is 11.1 Å². The molecule has 0 radical (unpaired) electrons. The topological polar surface area (TPSA) is 46.2 Å². The zero-order chi connectivity index (χ0) is 11.6. The van der Waals surface area contributed by atoms with Crippen LogP contribution < -0.4 is 5.73 Å². The van der Waals surface area contributed by atoms with Crippen molar-refractivity contribution in [3.8, 4) is 0 Å². The first-order valence-corrected chi connectivity index (χ1v) is 5.92. The Morgan fingerprint density at radius 2 is 1.93 bits per heavy atom. The van der Waals surface area contributed by atoms with Crippen molar-refractivity contribution in [1.29, 1.82) is 0 Å². The van der Waals surface area contributed by atoms with Crippen molar-refractivity contribution < 1.29 is 5.11 Å². The lowest BCUT2D eigenvalue weighted by molar-refractivity contribution is 0.125. The highest BCUT2D eigenvalue weighted by molar-refractivity contribution is 9.10. The van der Waals surface area contributed by atoms with Gasteiger partial charge in [-0.3, -0.25) is 0 Å². The lowest BCUT2D eigenvalue weighted by Gasteiger charge is -2.23. The average molecular weight is 272 g/mol. The number of hydrogen-bond donors (Lipinski definition) is 2. The molecule has 2 nitrogen and oxygen atoms in total. The molecule has 0 saturated heterocycles. The lowest BCUT2D eigenvalue weighted by atomic mass is 9.94. The van der Waals surface area contributed by atoms with E-state index in [9.17, 15) is 5.11 Å². The van der Waals surface area contributed by atoms with Crippen LogP contribution in [0.2, 0.25) is 0 Å². The Hall–Kier alpha value is -0.380. The molecule has 3 N–H and O–H groups in total. The van der Waals surface area contributed by atoms with Gasteiger partial charge in [-0.25, -0.2) is 0 Å². The molecule has 0 saturated carbocycles. The van der Waals surface area contributed by atoms with Gasteiger partial charge in [0.15, 0.2) is 0 Å². The van der Waals surface area contributed by atoms with Crippen LogP contribution in [0.4, 0.5) is 0 Å². The van der Waals surface area contributed by atoms with Crippen molar-refractivity contribution in [2.75, 3.05) is 0 Å². The molecule has 15 heavy (non-hydrogen) atoms. The predicted molar refractivity (Wildman–Crippen MR) is 66.7 cm³/mol. The molecule has 0 fully saturated rings. The van der Waals surface area contributed by atoms with Crippen LogP contribution in [0.15, 0.2) is 22.7 Å². The molecule has 1 aromatic carbocycles. The van der Waals surface area contributed by atoms with Crippen molar-refractivity contribution in [2.24, 2.45) is 11.7 Å². The van der Waals surface area contributed by atoms with Crippen LogP contribution in [0.25, 0.3) is 0 Å². The van der Waals surface area contributed by atoms with Gasteiger partial charge < -0.3 is 10.8 Å². The van der Waals surface area contributed by atoms with E-state index in [0.717, 1.165) is 15.6 Å². The fourth-order valence-electron chi connectivity index (χ4n) is 1.44. The zero-order valence-electron chi connectivity index (χ0n) is 9.37. The summed E-state index contributed by atoms with van der Waals surface area (Å²) in [6.07, 6.45) is -0.611. The molecular weight excluding hydrogens is 254 g/mol. The molecular formula is C12H18BrNO. The largest absolute Gasteiger partial charge is 0.387 e. The monoisotopic (exact) mass is 271 g/mol. The van der Waals surface area contributed by atoms with E-state index in [-0.39, 0.29) is 12.0 Å². The van der Waals surface area contributed by atoms with Crippen LogP contribution in [0, 0.1) is 12.8 Å². The second kappa shape index (κ2) is 5.10. The van der Waals surface area contributed by atoms with Crippen molar-refractivity contribution in [1.82, 2.24) is 0 Å². The average Bonchev–Trinajstić information content (AvgIpc) is 2.15. The molecule has 84 valence electrons. The van der Waals surface area contributed by atoms with Crippen LogP contribution in [-0.2, 0) is 0 Å². The summed E-state index contributed by atoms with van der Waals surface area (Å²) in [5.41, 5.74) is 7.95. The lowest BCUT2D eigenvalue weighted by Crippen LogP contribution is -2.33. The summed E-state index contributed by atoms with van der Waals surface area (Å²) in [4.78, 5) is 0. The highest BCUT2D eigenvalue weighted by atomic mass is 79.9. The van der Waals surface area contributed by atoms with E-state index in [2.05, 4.69) is 15.9 Å². The van der Waals surface area contributed by atoms with Crippen LogP contribution in [0.3, 0.4) is 0 Å². The van der Waals surface area contributed by atoms with Crippen LogP contribution >= 0.6 is 15.9 Å². The van der Waals surface area contributed by atoms with Crippen LogP contribution in [0.5, 0.6) is 0 Å². The fourth-order valence-corrected chi connectivity index (χ4v) is 2.17. The Morgan fingerprint density at radius 3 is 2.40 bits per heavy atom. The van der Waals surface area contributed by atoms with E-state index in [1.807, 2.05) is 39.0 Å². The maximum atomic E-state index is 10.1. The summed E-state index contributed by atoms with van der Waals surface area (Å²) in [5, 5.41) is 10.1. The molecule has 0 aromatic heterocycles. The molecule has 3 heteroatoms. The van der Waals surface area contributed by atoms with E-state index < -0.39 is 6.10 Å². The number of halogens is 1. The maximum Gasteiger partial charge on any atom is 0.0954 e. The molecule has 0 aliphatic carbocycles. The minimum Gasteiger partial charge on any atom is -0.387 e. The van der Waals surface area contributed by atoms with Gasteiger partial charge in [-0.05, 0) is 30.0 Å². The van der Waals surface area contributed by atoms with E-state index >= 15 is 0 Å². The van der Waals surface area contributed by atoms with Gasteiger partial charge >= 0.3 is 0 Å². The molecule has 0 heterocycles. The third-order valence-electron chi connectivity index (χ3n) is 2.61. The highest BCUT2D eigenvalue weighted by Crippen LogP contribution is 2.28. The number of aliphatic hydroxyl groups excluding tert-OH is 1. The van der Waals surface area contributed by atoms with Gasteiger partial charge in [-0.2, -0.15) is 0 Å². The smallest absolute Gasteiger partial charge is 0.0954 e. The Kier molecular flexibility index (Phi) is 4.32. The number of aliphatic hydroxyl groups is 1. The highest BCUT2D eigenvalue weighted by Gasteiger charge is 2.21. The quantitative estimate of drug-likeness (QED) is 0.888. The standard InChI is InChI=1S/C12H18BrNO/c1-7(2)11(14)12(15)9-5-4-8(3)6-10(9)13/h4-7,11-12,15H,14H2,1-3H3. The Balaban J connectivity index is 2.96. The molecule has 0 aliphatic rings. The Labute approximate surface area is 99.6 Å². The van der Waals surface area contributed by atoms with Crippen LogP contribution in [0.1, 0.15) is 31.1 Å². The first-order valence-electron chi connectivity index (χ1n) is 5.13. The minimum absolute atomic E-state index is 0.232. The van der Waals surface area contributed by atoms with Gasteiger partial charge in [0.05, 0.1) is 6.10 Å². The summed E-state index contributed by atoms with van der Waals surface area (Å²) in [6.45, 7) is 6.04. The summed E-state index contributed by atoms with van der Waals surface area (Å²) in [7, 11) is 0. The summed E-state index contributed by atoms with van der Waals surface area (Å²) in [5.74, 6) is 0.258. The summed E-state index contributed by atoms with van der Waals surface area (Å²) >= 11 is 3.45. The van der Waals surface area contributed by atoms with Crippen molar-refractivity contribution >= 4 is 15.9 Å². The van der Waals surface area contributed by atoms with Crippen molar-refractivity contribution in [3.63, 3.8) is 0 Å². The number of hydrogen-bond acceptors (Lipinski definition) is 2. The SMILES string of the molecule is Cc1ccc(C(O)C(N)C(C)C)c(Br)c1. The Bertz CT molecular complexity index is 338. The van der Waals surface area contributed by atoms with E-state index in [0.29, 0.717) is 0 Å². The predicted octanol–water partition coefficient (Wildman–Crippen LogP) is 2.77. The first kappa shape index (κ1) is 12.7. The van der Waals surface area contributed by atoms with Crippen molar-refractivity contribution in [2.45, 2.75) is 32.9 Å². The third-order valence-corrected chi connectivity index (χ3v) is 3.30. The maximum absolute atomic E-state index is 10.1. The molecule has 0 aliphatic heterocycles. The normalized spacial score (nSPS) is 15.4. The van der Waals surface area contributed by atoms with E-state index in [4.69, 9.17) is 5.73 Å². The number of benzene rings is 1. The first-order chi connectivity index (χ1) is 6.93. The second-order valence-electron chi connectivity index (χ2n) is 4.29. The molecule has 0 amide bonds. The van der Waals surface area contributed by atoms with E-state index in [1.54, 1.807) is 0 Å². The third kappa shape index (κ3) is 3.03. The second-order valence-corrected chi connectivity index (χ2v) is 5.15. The number of aryl methyl sites for hydroxylation is 1. The fraction of sp³-hybridized carbons (Fsp3) is 0.500. The minimum atomic E-state index is -0.611. The van der Waals surface area contributed by atoms with Gasteiger partial charge in [-0.15, -0.1) is 0 Å². The molecule has 1 aromatic rings. The van der Waals surface area contributed by atoms with E-state index in [1.165, 1.54) is 0 Å².